The molecule has 1 aliphatic carbocycles. The molecule has 20 heteroatoms. The van der Waals surface area contributed by atoms with E-state index in [2.05, 4.69) is 36.3 Å². The summed E-state index contributed by atoms with van der Waals surface area (Å²) in [5.41, 5.74) is -1.35. The summed E-state index contributed by atoms with van der Waals surface area (Å²) in [7, 11) is 0. The van der Waals surface area contributed by atoms with Crippen molar-refractivity contribution in [2.24, 2.45) is 10.6 Å². The van der Waals surface area contributed by atoms with Crippen molar-refractivity contribution in [3.05, 3.63) is 29.3 Å². The van der Waals surface area contributed by atoms with Gasteiger partial charge in [-0.3, -0.25) is 24.0 Å². The number of nitrogens with one attached hydrogen (secondary N) is 2. The van der Waals surface area contributed by atoms with Crippen LogP contribution in [0.25, 0.3) is 6.20 Å². The molecule has 3 amide bonds. The zero-order chi connectivity index (χ0) is 31.3. The highest BCUT2D eigenvalue weighted by Crippen LogP contribution is 2.44. The number of thiazole rings is 1. The summed E-state index contributed by atoms with van der Waals surface area (Å²) >= 11 is 3.38. The van der Waals surface area contributed by atoms with E-state index < -0.39 is 40.6 Å². The summed E-state index contributed by atoms with van der Waals surface area (Å²) in [6.45, 7) is -0.0977. The second-order valence-electron chi connectivity index (χ2n) is 9.77. The number of anilines is 1. The number of tetrazole rings is 1. The van der Waals surface area contributed by atoms with E-state index in [9.17, 15) is 29.1 Å². The Morgan fingerprint density at radius 1 is 1.32 bits per heavy atom. The molecular weight excluding hydrogens is 639 g/mol. The molecule has 0 aromatic carbocycles. The maximum absolute atomic E-state index is 13.4. The molecule has 3 unspecified atom stereocenters. The van der Waals surface area contributed by atoms with Crippen molar-refractivity contribution >= 4 is 82.1 Å². The Morgan fingerprint density at radius 2 is 2.16 bits per heavy atom. The minimum Gasteiger partial charge on any atom is -0.481 e. The number of allylic oxidation sites excluding steroid dienone is 1. The second kappa shape index (κ2) is 13.6. The second-order valence-corrected chi connectivity index (χ2v) is 12.7. The zero-order valence-corrected chi connectivity index (χ0v) is 25.1. The van der Waals surface area contributed by atoms with Crippen LogP contribution in [-0.4, -0.2) is 112 Å². The molecule has 0 spiro atoms. The van der Waals surface area contributed by atoms with Gasteiger partial charge in [0, 0.05) is 29.6 Å². The minimum atomic E-state index is -1.34. The fourth-order valence-electron chi connectivity index (χ4n) is 4.46. The van der Waals surface area contributed by atoms with Gasteiger partial charge in [0.25, 0.3) is 5.91 Å². The van der Waals surface area contributed by atoms with Gasteiger partial charge in [-0.15, -0.1) is 28.2 Å². The van der Waals surface area contributed by atoms with Crippen molar-refractivity contribution in [3.8, 4) is 0 Å². The van der Waals surface area contributed by atoms with Crippen molar-refractivity contribution < 1.29 is 39.0 Å². The maximum Gasteiger partial charge on any atom is 0.313 e. The highest BCUT2D eigenvalue weighted by molar-refractivity contribution is 8.00. The summed E-state index contributed by atoms with van der Waals surface area (Å²) in [6.07, 6.45) is 7.91. The lowest BCUT2D eigenvalue weighted by Gasteiger charge is -2.53. The van der Waals surface area contributed by atoms with E-state index >= 15 is 0 Å². The summed E-state index contributed by atoms with van der Waals surface area (Å²) in [4.78, 5) is 71.7. The number of carbonyl (C=O) groups excluding carboxylic acids is 3. The molecule has 2 aliphatic heterocycles. The monoisotopic (exact) mass is 663 g/mol. The number of aliphatic carboxylic acids is 2. The number of nitrogens with zero attached hydrogens (tertiary/aromatic N) is 7. The van der Waals surface area contributed by atoms with Crippen molar-refractivity contribution in [1.82, 2.24) is 35.4 Å². The van der Waals surface area contributed by atoms with Crippen molar-refractivity contribution in [2.75, 3.05) is 23.4 Å². The summed E-state index contributed by atoms with van der Waals surface area (Å²) in [6, 6.07) is -0.929. The van der Waals surface area contributed by atoms with Gasteiger partial charge in [0.15, 0.2) is 10.8 Å². The van der Waals surface area contributed by atoms with Crippen molar-refractivity contribution in [3.63, 3.8) is 0 Å². The van der Waals surface area contributed by atoms with Gasteiger partial charge >= 0.3 is 11.9 Å². The van der Waals surface area contributed by atoms with Crippen molar-refractivity contribution in [2.45, 2.75) is 41.9 Å². The summed E-state index contributed by atoms with van der Waals surface area (Å²) in [5.74, 6) is -3.13. The quantitative estimate of drug-likeness (QED) is 0.0534. The Balaban J connectivity index is 1.24. The number of fused-ring (bicyclic) bond motifs is 1. The predicted molar refractivity (Wildman–Crippen MR) is 158 cm³/mol. The van der Waals surface area contributed by atoms with Gasteiger partial charge in [-0.2, -0.15) is 4.68 Å². The Kier molecular flexibility index (Phi) is 9.59. The zero-order valence-electron chi connectivity index (χ0n) is 22.6. The summed E-state index contributed by atoms with van der Waals surface area (Å²) in [5, 5.41) is 40.9. The van der Waals surface area contributed by atoms with Crippen molar-refractivity contribution in [1.29, 1.82) is 0 Å². The molecule has 4 N–H and O–H groups in total. The van der Waals surface area contributed by atoms with Gasteiger partial charge in [-0.1, -0.05) is 29.1 Å². The molecule has 17 nitrogen and oxygen atoms in total. The Labute approximate surface area is 261 Å². The van der Waals surface area contributed by atoms with E-state index in [1.165, 1.54) is 39.0 Å². The van der Waals surface area contributed by atoms with Crippen LogP contribution >= 0.6 is 34.9 Å². The van der Waals surface area contributed by atoms with E-state index in [0.29, 0.717) is 12.8 Å². The number of carboxylic acids is 2. The van der Waals surface area contributed by atoms with Crippen LogP contribution < -0.4 is 10.6 Å². The molecule has 4 heterocycles. The van der Waals surface area contributed by atoms with E-state index in [1.54, 1.807) is 0 Å². The van der Waals surface area contributed by atoms with Gasteiger partial charge in [0.05, 0.1) is 6.42 Å². The number of hydrogen-bond donors (Lipinski definition) is 4. The number of rotatable bonds is 14. The average molecular weight is 664 g/mol. The van der Waals surface area contributed by atoms with Gasteiger partial charge in [0.2, 0.25) is 17.5 Å². The lowest BCUT2D eigenvalue weighted by molar-refractivity contribution is -0.157. The molecule has 2 fully saturated rings. The molecule has 2 aromatic heterocycles. The molecule has 5 rings (SSSR count). The third-order valence-electron chi connectivity index (χ3n) is 6.76. The standard InChI is InChI=1S/C24H25N9O8S3/c34-12-25-22-26-14(8-42-22)16(29-41-13-4-1-2-5-13)18(37)27-17-19(38)32-9-24(21(39)40,10-43-20(17)32)11-44-23-28-30-31-33(23)7-3-6-15(35)36/h1,3-4,7-8,12-13,17,20H,2,5-6,9-11H2,(H,27,37)(H,35,36)(H,39,40)(H,25,26,34)/t13?,17?,20-,24?/m1/s1. The summed E-state index contributed by atoms with van der Waals surface area (Å²) < 4.78 is 1.24. The normalized spacial score (nSPS) is 24.5. The largest absolute Gasteiger partial charge is 0.481 e. The van der Waals surface area contributed by atoms with E-state index in [0.717, 1.165) is 29.5 Å². The Hall–Kier alpha value is -4.30. The SMILES string of the molecule is O=CNc1nc(C(=NOC2C=CCC2)C(=O)NC2C(=O)N3CC(CSc4nnnn4C=CCC(=O)O)(C(=O)O)CS[C@H]23)cs1. The minimum absolute atomic E-state index is 0.0285. The maximum atomic E-state index is 13.4. The number of carbonyl (C=O) groups is 5. The molecule has 0 radical (unpaired) electrons. The number of thioether (sulfide) groups is 2. The van der Waals surface area contributed by atoms with Crippen LogP contribution in [0.2, 0.25) is 0 Å². The molecular formula is C24H25N9O8S3. The third kappa shape index (κ3) is 6.76. The predicted octanol–water partition coefficient (Wildman–Crippen LogP) is 0.346. The molecule has 232 valence electrons. The molecule has 0 saturated carbocycles. The molecule has 2 saturated heterocycles. The van der Waals surface area contributed by atoms with E-state index in [4.69, 9.17) is 9.94 Å². The van der Waals surface area contributed by atoms with E-state index in [1.807, 2.05) is 12.2 Å². The van der Waals surface area contributed by atoms with Crippen LogP contribution in [0.15, 0.2) is 33.9 Å². The Bertz CT molecular complexity index is 1540. The molecule has 44 heavy (non-hydrogen) atoms. The lowest BCUT2D eigenvalue weighted by atomic mass is 9.89. The molecule has 4 atom stereocenters. The van der Waals surface area contributed by atoms with Gasteiger partial charge in [-0.05, 0) is 29.3 Å². The van der Waals surface area contributed by atoms with Crippen LogP contribution in [0.1, 0.15) is 25.0 Å². The Morgan fingerprint density at radius 3 is 2.89 bits per heavy atom. The third-order valence-corrected chi connectivity index (χ3v) is 10.3. The smallest absolute Gasteiger partial charge is 0.313 e. The molecule has 3 aliphatic rings. The number of carboxylic acid groups (broad SMARTS) is 2. The highest BCUT2D eigenvalue weighted by Gasteiger charge is 2.57. The fourth-order valence-corrected chi connectivity index (χ4v) is 7.83. The number of oxime groups is 1. The van der Waals surface area contributed by atoms with Crippen LogP contribution in [0.5, 0.6) is 0 Å². The lowest BCUT2D eigenvalue weighted by Crippen LogP contribution is -2.74. The first-order valence-electron chi connectivity index (χ1n) is 13.0. The first kappa shape index (κ1) is 31.1. The van der Waals surface area contributed by atoms with Gasteiger partial charge < -0.3 is 30.6 Å². The van der Waals surface area contributed by atoms with Crippen LogP contribution in [0, 0.1) is 5.41 Å². The number of β-lactam (4-membered cyclic amide) rings is 1. The number of amides is 3. The first-order chi connectivity index (χ1) is 21.2. The van der Waals surface area contributed by atoms with Crippen LogP contribution in [0.4, 0.5) is 5.13 Å². The first-order valence-corrected chi connectivity index (χ1v) is 15.9. The number of aromatic nitrogens is 5. The fraction of sp³-hybridized carbons (Fsp3) is 0.417. The average Bonchev–Trinajstić information content (AvgIpc) is 3.78. The molecule has 0 bridgehead atoms. The molecule has 2 aromatic rings. The van der Waals surface area contributed by atoms with Gasteiger partial charge in [0.1, 0.15) is 28.6 Å². The van der Waals surface area contributed by atoms with E-state index in [-0.39, 0.29) is 52.3 Å². The number of hydrogen-bond acceptors (Lipinski definition) is 14. The highest BCUT2D eigenvalue weighted by atomic mass is 32.2. The van der Waals surface area contributed by atoms with Crippen LogP contribution in [0.3, 0.4) is 0 Å². The van der Waals surface area contributed by atoms with Crippen LogP contribution in [-0.2, 0) is 28.8 Å². The van der Waals surface area contributed by atoms with Gasteiger partial charge in [-0.25, -0.2) is 4.98 Å². The topological polar surface area (TPSA) is 231 Å².